The van der Waals surface area contributed by atoms with Crippen molar-refractivity contribution < 1.29 is 13.2 Å². The molecule has 0 aliphatic heterocycles. The van der Waals surface area contributed by atoms with E-state index in [9.17, 15) is 13.2 Å². The van der Waals surface area contributed by atoms with E-state index in [2.05, 4.69) is 20.9 Å². The molecule has 2 nitrogen and oxygen atoms in total. The summed E-state index contributed by atoms with van der Waals surface area (Å²) >= 11 is 2.85. The lowest BCUT2D eigenvalue weighted by Crippen LogP contribution is -2.08. The second-order valence-corrected chi connectivity index (χ2v) is 3.07. The third kappa shape index (κ3) is 2.18. The molecule has 0 radical (unpaired) electrons. The summed E-state index contributed by atoms with van der Waals surface area (Å²) in [6.45, 7) is 0. The Labute approximate surface area is 80.1 Å². The molecule has 1 rings (SSSR count). The van der Waals surface area contributed by atoms with Crippen molar-refractivity contribution >= 4 is 15.9 Å². The molecule has 1 heterocycles. The minimum atomic E-state index is -4.54. The number of aromatic nitrogens is 1. The zero-order valence-corrected chi connectivity index (χ0v) is 7.65. The van der Waals surface area contributed by atoms with Crippen LogP contribution in [0.5, 0.6) is 0 Å². The number of alkyl halides is 3. The first kappa shape index (κ1) is 9.99. The van der Waals surface area contributed by atoms with E-state index in [1.165, 1.54) is 6.07 Å². The van der Waals surface area contributed by atoms with Gasteiger partial charge in [-0.1, -0.05) is 0 Å². The molecule has 6 heteroatoms. The van der Waals surface area contributed by atoms with Gasteiger partial charge in [-0.3, -0.25) is 0 Å². The Morgan fingerprint density at radius 2 is 2.08 bits per heavy atom. The number of nitrogens with zero attached hydrogens (tertiary/aromatic N) is 2. The smallest absolute Gasteiger partial charge is 0.244 e. The number of halogens is 4. The van der Waals surface area contributed by atoms with Crippen LogP contribution in [-0.2, 0) is 6.18 Å². The molecular weight excluding hydrogens is 249 g/mol. The number of nitriles is 1. The zero-order chi connectivity index (χ0) is 10.1. The molecular formula is C7H2BrF3N2. The molecule has 0 bridgehead atoms. The second kappa shape index (κ2) is 3.34. The fourth-order valence-electron chi connectivity index (χ4n) is 0.744. The summed E-state index contributed by atoms with van der Waals surface area (Å²) < 4.78 is 36.8. The van der Waals surface area contributed by atoms with Crippen LogP contribution in [0.3, 0.4) is 0 Å². The van der Waals surface area contributed by atoms with E-state index in [1.807, 2.05) is 0 Å². The molecule has 0 fully saturated rings. The number of rotatable bonds is 0. The van der Waals surface area contributed by atoms with Gasteiger partial charge in [0.15, 0.2) is 5.69 Å². The van der Waals surface area contributed by atoms with Crippen molar-refractivity contribution in [2.75, 3.05) is 0 Å². The molecule has 68 valence electrons. The fourth-order valence-corrected chi connectivity index (χ4v) is 1.08. The lowest BCUT2D eigenvalue weighted by molar-refractivity contribution is -0.138. The Morgan fingerprint density at radius 1 is 1.46 bits per heavy atom. The maximum atomic E-state index is 12.2. The second-order valence-electron chi connectivity index (χ2n) is 2.16. The van der Waals surface area contributed by atoms with Crippen LogP contribution >= 0.6 is 15.9 Å². The van der Waals surface area contributed by atoms with E-state index in [0.717, 1.165) is 12.3 Å². The molecule has 0 atom stereocenters. The summed E-state index contributed by atoms with van der Waals surface area (Å²) in [5.74, 6) is 0. The van der Waals surface area contributed by atoms with Crippen molar-refractivity contribution in [2.24, 2.45) is 0 Å². The summed E-state index contributed by atoms with van der Waals surface area (Å²) in [5.41, 5.74) is -1.64. The SMILES string of the molecule is N#Cc1ncc(Br)cc1C(F)(F)F. The van der Waals surface area contributed by atoms with Gasteiger partial charge in [0.1, 0.15) is 6.07 Å². The Bertz CT molecular complexity index is 367. The largest absolute Gasteiger partial charge is 0.419 e. The van der Waals surface area contributed by atoms with Crippen molar-refractivity contribution in [1.82, 2.24) is 4.98 Å². The van der Waals surface area contributed by atoms with Gasteiger partial charge in [-0.2, -0.15) is 18.4 Å². The summed E-state index contributed by atoms with van der Waals surface area (Å²) in [6.07, 6.45) is -3.39. The van der Waals surface area contributed by atoms with E-state index in [4.69, 9.17) is 5.26 Å². The lowest BCUT2D eigenvalue weighted by Gasteiger charge is -2.07. The first-order valence-electron chi connectivity index (χ1n) is 3.08. The molecule has 0 saturated carbocycles. The minimum absolute atomic E-state index is 0.193. The van der Waals surface area contributed by atoms with Crippen LogP contribution in [0.4, 0.5) is 13.2 Å². The Morgan fingerprint density at radius 3 is 2.54 bits per heavy atom. The van der Waals surface area contributed by atoms with Gasteiger partial charge in [0.2, 0.25) is 0 Å². The Hall–Kier alpha value is -1.09. The van der Waals surface area contributed by atoms with Gasteiger partial charge >= 0.3 is 6.18 Å². The van der Waals surface area contributed by atoms with E-state index in [1.54, 1.807) is 0 Å². The molecule has 1 aromatic rings. The molecule has 1 aromatic heterocycles. The van der Waals surface area contributed by atoms with Crippen molar-refractivity contribution in [3.8, 4) is 6.07 Å². The molecule has 13 heavy (non-hydrogen) atoms. The maximum Gasteiger partial charge on any atom is 0.419 e. The van der Waals surface area contributed by atoms with Crippen molar-refractivity contribution in [2.45, 2.75) is 6.18 Å². The summed E-state index contributed by atoms with van der Waals surface area (Å²) in [7, 11) is 0. The average Bonchev–Trinajstić information content (AvgIpc) is 2.03. The highest BCUT2D eigenvalue weighted by Crippen LogP contribution is 2.32. The van der Waals surface area contributed by atoms with Gasteiger partial charge in [0, 0.05) is 10.7 Å². The molecule has 0 unspecified atom stereocenters. The van der Waals surface area contributed by atoms with Gasteiger partial charge in [-0.15, -0.1) is 0 Å². The monoisotopic (exact) mass is 250 g/mol. The van der Waals surface area contributed by atoms with E-state index >= 15 is 0 Å². The van der Waals surface area contributed by atoms with Crippen molar-refractivity contribution in [3.63, 3.8) is 0 Å². The number of hydrogen-bond donors (Lipinski definition) is 0. The van der Waals surface area contributed by atoms with Gasteiger partial charge in [-0.05, 0) is 22.0 Å². The van der Waals surface area contributed by atoms with E-state index in [0.29, 0.717) is 0 Å². The highest BCUT2D eigenvalue weighted by Gasteiger charge is 2.34. The first-order chi connectivity index (χ1) is 5.95. The van der Waals surface area contributed by atoms with Crippen molar-refractivity contribution in [1.29, 1.82) is 5.26 Å². The summed E-state index contributed by atoms with van der Waals surface area (Å²) in [4.78, 5) is 3.34. The van der Waals surface area contributed by atoms with Gasteiger partial charge in [-0.25, -0.2) is 4.98 Å². The fraction of sp³-hybridized carbons (Fsp3) is 0.143. The topological polar surface area (TPSA) is 36.7 Å². The van der Waals surface area contributed by atoms with Crippen LogP contribution in [0, 0.1) is 11.3 Å². The molecule has 0 aromatic carbocycles. The highest BCUT2D eigenvalue weighted by atomic mass is 79.9. The van der Waals surface area contributed by atoms with Gasteiger partial charge < -0.3 is 0 Å². The maximum absolute atomic E-state index is 12.2. The molecule has 0 spiro atoms. The molecule has 0 N–H and O–H groups in total. The van der Waals surface area contributed by atoms with Crippen LogP contribution in [0.15, 0.2) is 16.7 Å². The summed E-state index contributed by atoms with van der Waals surface area (Å²) in [5, 5.41) is 8.34. The van der Waals surface area contributed by atoms with Crippen LogP contribution in [0.25, 0.3) is 0 Å². The predicted octanol–water partition coefficient (Wildman–Crippen LogP) is 2.73. The predicted molar refractivity (Wildman–Crippen MR) is 41.7 cm³/mol. The van der Waals surface area contributed by atoms with Gasteiger partial charge in [0.05, 0.1) is 5.56 Å². The molecule has 0 saturated heterocycles. The zero-order valence-electron chi connectivity index (χ0n) is 6.06. The van der Waals surface area contributed by atoms with Crippen LogP contribution < -0.4 is 0 Å². The Balaban J connectivity index is 3.35. The van der Waals surface area contributed by atoms with Crippen LogP contribution in [-0.4, -0.2) is 4.98 Å². The third-order valence-electron chi connectivity index (χ3n) is 1.27. The van der Waals surface area contributed by atoms with Gasteiger partial charge in [0.25, 0.3) is 0 Å². The lowest BCUT2D eigenvalue weighted by atomic mass is 10.2. The first-order valence-corrected chi connectivity index (χ1v) is 3.87. The Kier molecular flexibility index (Phi) is 2.57. The van der Waals surface area contributed by atoms with E-state index in [-0.39, 0.29) is 4.47 Å². The van der Waals surface area contributed by atoms with Crippen molar-refractivity contribution in [3.05, 3.63) is 28.0 Å². The molecule has 0 aliphatic rings. The third-order valence-corrected chi connectivity index (χ3v) is 1.70. The number of hydrogen-bond acceptors (Lipinski definition) is 2. The van der Waals surface area contributed by atoms with Crippen LogP contribution in [0.2, 0.25) is 0 Å². The number of pyridine rings is 1. The molecule has 0 aliphatic carbocycles. The highest BCUT2D eigenvalue weighted by molar-refractivity contribution is 9.10. The average molecular weight is 251 g/mol. The van der Waals surface area contributed by atoms with E-state index < -0.39 is 17.4 Å². The van der Waals surface area contributed by atoms with Crippen LogP contribution in [0.1, 0.15) is 11.3 Å². The standard InChI is InChI=1S/C7H2BrF3N2/c8-4-1-5(7(9,10)11)6(2-12)13-3-4/h1,3H. The summed E-state index contributed by atoms with van der Waals surface area (Å²) in [6, 6.07) is 2.20. The quantitative estimate of drug-likeness (QED) is 0.710. The molecule has 0 amide bonds. The normalized spacial score (nSPS) is 11.0. The minimum Gasteiger partial charge on any atom is -0.244 e.